The van der Waals surface area contributed by atoms with Crippen LogP contribution in [0.4, 0.5) is 31.1 Å². The summed E-state index contributed by atoms with van der Waals surface area (Å²) in [6, 6.07) is 5.25. The third-order valence-electron chi connectivity index (χ3n) is 7.43. The van der Waals surface area contributed by atoms with Gasteiger partial charge in [-0.1, -0.05) is 31.6 Å². The minimum absolute atomic E-state index is 0.0213. The van der Waals surface area contributed by atoms with Crippen LogP contribution in [0.3, 0.4) is 0 Å². The number of aryl methyl sites for hydroxylation is 1. The van der Waals surface area contributed by atoms with Gasteiger partial charge in [-0.25, -0.2) is 4.98 Å². The fourth-order valence-electron chi connectivity index (χ4n) is 5.18. The molecule has 5 rings (SSSR count). The Hall–Kier alpha value is -1.92. The van der Waals surface area contributed by atoms with E-state index in [9.17, 15) is 28.7 Å². The van der Waals surface area contributed by atoms with Gasteiger partial charge in [0, 0.05) is 18.8 Å². The van der Waals surface area contributed by atoms with Crippen LogP contribution < -0.4 is 10.2 Å². The first-order valence-corrected chi connectivity index (χ1v) is 14.9. The van der Waals surface area contributed by atoms with Crippen LogP contribution >= 0.6 is 10.2 Å². The summed E-state index contributed by atoms with van der Waals surface area (Å²) in [6.07, 6.45) is 4.63. The summed E-state index contributed by atoms with van der Waals surface area (Å²) in [7, 11) is -10.8. The second-order valence-corrected chi connectivity index (χ2v) is 13.8. The Labute approximate surface area is 203 Å². The molecule has 0 spiro atoms. The largest absolute Gasteiger partial charge is 0.394 e. The number of benzene rings is 1. The number of aromatic nitrogens is 1. The van der Waals surface area contributed by atoms with E-state index in [0.29, 0.717) is 66.5 Å². The van der Waals surface area contributed by atoms with E-state index in [-0.39, 0.29) is 12.5 Å². The summed E-state index contributed by atoms with van der Waals surface area (Å²) in [5.74, 6) is 1.81. The van der Waals surface area contributed by atoms with Gasteiger partial charge in [0.15, 0.2) is 0 Å². The number of aliphatic hydroxyl groups is 1. The molecule has 1 atom stereocenters. The van der Waals surface area contributed by atoms with Crippen molar-refractivity contribution in [2.24, 2.45) is 0 Å². The minimum Gasteiger partial charge on any atom is -0.394 e. The predicted molar refractivity (Wildman–Crippen MR) is 129 cm³/mol. The Balaban J connectivity index is 1.32. The normalized spacial score (nSPS) is 24.3. The highest BCUT2D eigenvalue weighted by atomic mass is 32.5. The second-order valence-electron chi connectivity index (χ2n) is 9.83. The van der Waals surface area contributed by atoms with E-state index in [1.165, 1.54) is 0 Å². The van der Waals surface area contributed by atoms with Gasteiger partial charge in [0.1, 0.15) is 16.5 Å². The number of hydrogen-bond donors (Lipinski definition) is 2. The molecular formula is C23H28F5N3O2S2. The Kier molecular flexibility index (Phi) is 5.51. The molecule has 2 fully saturated rings. The van der Waals surface area contributed by atoms with E-state index < -0.39 is 31.5 Å². The van der Waals surface area contributed by atoms with E-state index in [1.54, 1.807) is 0 Å². The molecule has 1 saturated carbocycles. The zero-order valence-corrected chi connectivity index (χ0v) is 20.6. The molecular weight excluding hydrogens is 509 g/mol. The summed E-state index contributed by atoms with van der Waals surface area (Å²) in [4.78, 5) is 5.74. The summed E-state index contributed by atoms with van der Waals surface area (Å²) >= 11 is 0. The Morgan fingerprint density at radius 3 is 2.31 bits per heavy atom. The number of hydrogen-bond acceptors (Lipinski definition) is 5. The van der Waals surface area contributed by atoms with Crippen LogP contribution in [0.15, 0.2) is 40.1 Å². The quantitative estimate of drug-likeness (QED) is 0.435. The van der Waals surface area contributed by atoms with Gasteiger partial charge >= 0.3 is 10.2 Å². The fourth-order valence-corrected chi connectivity index (χ4v) is 7.20. The molecule has 12 heteroatoms. The van der Waals surface area contributed by atoms with Crippen LogP contribution in [0, 0.1) is 0 Å². The first-order chi connectivity index (χ1) is 16.3. The van der Waals surface area contributed by atoms with Crippen molar-refractivity contribution in [2.45, 2.75) is 59.8 Å². The molecule has 1 aromatic carbocycles. The van der Waals surface area contributed by atoms with Crippen LogP contribution in [0.2, 0.25) is 0 Å². The van der Waals surface area contributed by atoms with Gasteiger partial charge in [-0.05, 0) is 73.8 Å². The Morgan fingerprint density at radius 1 is 1.11 bits per heavy atom. The fraction of sp³-hybridized carbons (Fsp3) is 0.522. The maximum Gasteiger partial charge on any atom is 0.310 e. The molecule has 1 aromatic heterocycles. The van der Waals surface area contributed by atoms with Crippen LogP contribution in [0.5, 0.6) is 0 Å². The molecule has 1 unspecified atom stereocenters. The number of anilines is 2. The number of halogens is 5. The summed E-state index contributed by atoms with van der Waals surface area (Å²) in [5, 5.41) is 13.3. The molecule has 35 heavy (non-hydrogen) atoms. The van der Waals surface area contributed by atoms with Gasteiger partial charge in [-0.3, -0.25) is 4.21 Å². The Morgan fingerprint density at radius 2 is 1.77 bits per heavy atom. The second kappa shape index (κ2) is 7.79. The van der Waals surface area contributed by atoms with Gasteiger partial charge in [0.2, 0.25) is 0 Å². The van der Waals surface area contributed by atoms with Crippen LogP contribution in [0.1, 0.15) is 49.1 Å². The molecule has 3 heterocycles. The number of piperidine rings is 1. The number of rotatable bonds is 6. The molecule has 194 valence electrons. The molecule has 5 nitrogen and oxygen atoms in total. The Bertz CT molecular complexity index is 1160. The average molecular weight is 538 g/mol. The van der Waals surface area contributed by atoms with Crippen LogP contribution in [0.25, 0.3) is 0 Å². The maximum atomic E-state index is 13.0. The zero-order valence-electron chi connectivity index (χ0n) is 19.0. The summed E-state index contributed by atoms with van der Waals surface area (Å²) in [5.41, 5.74) is 1.17. The molecule has 0 bridgehead atoms. The highest BCUT2D eigenvalue weighted by Gasteiger charge is 2.65. The predicted octanol–water partition coefficient (Wildman–Crippen LogP) is 6.11. The van der Waals surface area contributed by atoms with Crippen molar-refractivity contribution in [3.05, 3.63) is 41.5 Å². The van der Waals surface area contributed by atoms with Crippen molar-refractivity contribution in [1.82, 2.24) is 4.98 Å². The van der Waals surface area contributed by atoms with Gasteiger partial charge in [0.05, 0.1) is 27.8 Å². The topological polar surface area (TPSA) is 65.5 Å². The maximum absolute atomic E-state index is 13.0. The zero-order chi connectivity index (χ0) is 25.1. The van der Waals surface area contributed by atoms with Crippen molar-refractivity contribution in [1.29, 1.82) is 0 Å². The van der Waals surface area contributed by atoms with Gasteiger partial charge in [-0.2, -0.15) is 0 Å². The third-order valence-corrected chi connectivity index (χ3v) is 10.1. The number of aliphatic hydroxyl groups excluding tert-OH is 1. The van der Waals surface area contributed by atoms with Crippen molar-refractivity contribution in [2.75, 3.05) is 35.7 Å². The molecule has 2 N–H and O–H groups in total. The standard InChI is InChI=1S/C23H28F5N3O2S2/c24-35(25,26,27,28)19-4-2-16(3-5-19)17-6-11-31(12-7-17)20-14-18-8-13-34(33)21(18)22(29-20)30-23(15-32)9-1-10-23/h2-5,14,17,32H,1,6-13,15H2,(H,29,30). The number of fused-ring (bicyclic) bond motifs is 1. The number of nitrogens with zero attached hydrogens (tertiary/aromatic N) is 2. The molecule has 0 amide bonds. The molecule has 0 radical (unpaired) electrons. The third kappa shape index (κ3) is 4.89. The van der Waals surface area contributed by atoms with Crippen molar-refractivity contribution < 1.29 is 28.7 Å². The van der Waals surface area contributed by atoms with E-state index >= 15 is 0 Å². The van der Waals surface area contributed by atoms with E-state index in [4.69, 9.17) is 4.98 Å². The van der Waals surface area contributed by atoms with Crippen LogP contribution in [-0.4, -0.2) is 45.3 Å². The number of nitrogens with one attached hydrogen (secondary N) is 1. The summed E-state index contributed by atoms with van der Waals surface area (Å²) < 4.78 is 77.7. The van der Waals surface area contributed by atoms with Crippen molar-refractivity contribution in [3.8, 4) is 0 Å². The highest BCUT2D eigenvalue weighted by Crippen LogP contribution is 3.02. The molecule has 2 aliphatic heterocycles. The van der Waals surface area contributed by atoms with E-state index in [1.807, 2.05) is 6.07 Å². The minimum atomic E-state index is -9.67. The lowest BCUT2D eigenvalue weighted by molar-refractivity contribution is 0.143. The first-order valence-electron chi connectivity index (χ1n) is 11.7. The van der Waals surface area contributed by atoms with Gasteiger partial charge in [-0.15, -0.1) is 0 Å². The lowest BCUT2D eigenvalue weighted by Crippen LogP contribution is -2.48. The summed E-state index contributed by atoms with van der Waals surface area (Å²) in [6.45, 7) is 1.19. The molecule has 1 saturated heterocycles. The molecule has 2 aromatic rings. The lowest BCUT2D eigenvalue weighted by Gasteiger charge is -2.42. The number of pyridine rings is 1. The molecule has 1 aliphatic carbocycles. The van der Waals surface area contributed by atoms with Crippen molar-refractivity contribution in [3.63, 3.8) is 0 Å². The van der Waals surface area contributed by atoms with Gasteiger partial charge < -0.3 is 15.3 Å². The lowest BCUT2D eigenvalue weighted by atomic mass is 9.77. The van der Waals surface area contributed by atoms with Crippen molar-refractivity contribution >= 4 is 32.7 Å². The van der Waals surface area contributed by atoms with E-state index in [0.717, 1.165) is 42.8 Å². The SMILES string of the molecule is O=S1CCc2cc(N3CCC(c4ccc(S(F)(F)(F)(F)F)cc4)CC3)nc(NC3(CO)CCC3)c21. The highest BCUT2D eigenvalue weighted by molar-refractivity contribution is 8.45. The monoisotopic (exact) mass is 537 g/mol. The van der Waals surface area contributed by atoms with Crippen LogP contribution in [-0.2, 0) is 17.2 Å². The van der Waals surface area contributed by atoms with Gasteiger partial charge in [0.25, 0.3) is 0 Å². The average Bonchev–Trinajstić information content (AvgIpc) is 3.16. The first kappa shape index (κ1) is 24.8. The smallest absolute Gasteiger partial charge is 0.310 e. The molecule has 3 aliphatic rings. The van der Waals surface area contributed by atoms with E-state index in [2.05, 4.69) is 10.2 Å².